The number of nitrogens with two attached hydrogens (primary N) is 1. The van der Waals surface area contributed by atoms with Crippen molar-refractivity contribution in [3.05, 3.63) is 30.5 Å². The van der Waals surface area contributed by atoms with Crippen molar-refractivity contribution in [2.45, 2.75) is 24.8 Å². The molecule has 1 aliphatic rings. The van der Waals surface area contributed by atoms with Gasteiger partial charge in [-0.25, -0.2) is 32.5 Å². The van der Waals surface area contributed by atoms with E-state index in [0.717, 1.165) is 6.08 Å². The molecule has 0 bridgehead atoms. The Balaban J connectivity index is 1.76. The summed E-state index contributed by atoms with van der Waals surface area (Å²) in [5, 5.41) is 7.08. The molecule has 1 atom stereocenters. The number of allylic oxidation sites excluding steroid dienone is 1. The maximum absolute atomic E-state index is 13.5. The molecule has 1 aliphatic heterocycles. The second-order valence-corrected chi connectivity index (χ2v) is 6.10. The maximum atomic E-state index is 13.5. The average molecular weight is 383 g/mol. The first-order valence-electron chi connectivity index (χ1n) is 8.07. The van der Waals surface area contributed by atoms with Gasteiger partial charge in [0.2, 0.25) is 0 Å². The van der Waals surface area contributed by atoms with E-state index in [1.54, 1.807) is 11.0 Å². The van der Waals surface area contributed by atoms with Gasteiger partial charge in [0.25, 0.3) is 12.3 Å². The zero-order valence-corrected chi connectivity index (χ0v) is 14.0. The molecule has 3 heterocycles. The molecule has 7 nitrogen and oxygen atoms in total. The Morgan fingerprint density at radius 1 is 1.37 bits per heavy atom. The van der Waals surface area contributed by atoms with E-state index in [0.29, 0.717) is 17.2 Å². The van der Waals surface area contributed by atoms with Crippen LogP contribution in [0.5, 0.6) is 0 Å². The summed E-state index contributed by atoms with van der Waals surface area (Å²) in [4.78, 5) is 16.8. The normalized spacial score (nSPS) is 19.8. The summed E-state index contributed by atoms with van der Waals surface area (Å²) in [6, 6.07) is 0.331. The highest BCUT2D eigenvalue weighted by molar-refractivity contribution is 5.97. The lowest BCUT2D eigenvalue weighted by Gasteiger charge is -2.37. The van der Waals surface area contributed by atoms with E-state index in [1.807, 2.05) is 0 Å². The number of H-pyrrole nitrogens is 1. The molecule has 0 aliphatic carbocycles. The minimum Gasteiger partial charge on any atom is -0.354 e. The number of aromatic amines is 1. The van der Waals surface area contributed by atoms with Gasteiger partial charge in [0, 0.05) is 25.6 Å². The predicted octanol–water partition coefficient (Wildman–Crippen LogP) is 2.34. The Hall–Kier alpha value is -2.82. The number of hydrogen-bond acceptors (Lipinski definition) is 6. The molecule has 1 fully saturated rings. The molecular formula is C16H17F4N7. The Morgan fingerprint density at radius 3 is 2.85 bits per heavy atom. The van der Waals surface area contributed by atoms with Crippen LogP contribution >= 0.6 is 0 Å². The van der Waals surface area contributed by atoms with Crippen LogP contribution in [0.3, 0.4) is 0 Å². The Kier molecular flexibility index (Phi) is 5.22. The van der Waals surface area contributed by atoms with Crippen LogP contribution in [0.25, 0.3) is 17.5 Å². The largest absolute Gasteiger partial charge is 0.354 e. The highest BCUT2D eigenvalue weighted by Crippen LogP contribution is 2.30. The predicted molar refractivity (Wildman–Crippen MR) is 92.1 cm³/mol. The highest BCUT2D eigenvalue weighted by Gasteiger charge is 2.42. The van der Waals surface area contributed by atoms with Crippen LogP contribution in [-0.4, -0.2) is 57.1 Å². The van der Waals surface area contributed by atoms with Crippen LogP contribution in [0.4, 0.5) is 23.4 Å². The van der Waals surface area contributed by atoms with E-state index in [1.165, 1.54) is 18.6 Å². The Labute approximate surface area is 151 Å². The number of piperidine rings is 1. The summed E-state index contributed by atoms with van der Waals surface area (Å²) in [6.07, 6.45) is 1.74. The molecule has 4 N–H and O–H groups in total. The summed E-state index contributed by atoms with van der Waals surface area (Å²) in [7, 11) is 0. The molecule has 11 heteroatoms. The van der Waals surface area contributed by atoms with Gasteiger partial charge < -0.3 is 15.6 Å². The van der Waals surface area contributed by atoms with Crippen molar-refractivity contribution in [2.24, 2.45) is 5.73 Å². The second-order valence-electron chi connectivity index (χ2n) is 6.10. The summed E-state index contributed by atoms with van der Waals surface area (Å²) < 4.78 is 51.7. The molecule has 0 spiro atoms. The molecule has 0 aromatic carbocycles. The topological polar surface area (TPSA) is 108 Å². The first kappa shape index (κ1) is 19.0. The van der Waals surface area contributed by atoms with Crippen molar-refractivity contribution < 1.29 is 17.6 Å². The van der Waals surface area contributed by atoms with Gasteiger partial charge >= 0.3 is 0 Å². The third kappa shape index (κ3) is 4.30. The van der Waals surface area contributed by atoms with Crippen molar-refractivity contribution in [2.75, 3.05) is 18.0 Å². The van der Waals surface area contributed by atoms with E-state index >= 15 is 0 Å². The lowest BCUT2D eigenvalue weighted by atomic mass is 10.0. The standard InChI is InChI=1S/C16H17F4N7/c17-15(18)9(21)1-2-13-23-6-11(26-13)10-5-14(25-8-24-10)27-4-3-16(19,20)12(22)7-27/h1-2,5-6,8,12,15,21H,3-4,7,22H2,(H,23,26)/b2-1-,21-9?. The van der Waals surface area contributed by atoms with Gasteiger partial charge in [0.1, 0.15) is 18.0 Å². The average Bonchev–Trinajstić information content (AvgIpc) is 3.11. The van der Waals surface area contributed by atoms with Crippen molar-refractivity contribution >= 4 is 17.6 Å². The Bertz CT molecular complexity index is 849. The van der Waals surface area contributed by atoms with Gasteiger partial charge in [-0.1, -0.05) is 0 Å². The zero-order valence-electron chi connectivity index (χ0n) is 14.0. The van der Waals surface area contributed by atoms with E-state index in [4.69, 9.17) is 11.1 Å². The van der Waals surface area contributed by atoms with E-state index in [2.05, 4.69) is 19.9 Å². The van der Waals surface area contributed by atoms with Gasteiger partial charge in [0.15, 0.2) is 0 Å². The van der Waals surface area contributed by atoms with Crippen molar-refractivity contribution in [3.8, 4) is 11.4 Å². The minimum absolute atomic E-state index is 0.0316. The molecule has 2 aromatic heterocycles. The van der Waals surface area contributed by atoms with Crippen LogP contribution in [-0.2, 0) is 0 Å². The van der Waals surface area contributed by atoms with Gasteiger partial charge in [-0.3, -0.25) is 5.41 Å². The number of nitrogens with zero attached hydrogens (tertiary/aromatic N) is 4. The summed E-state index contributed by atoms with van der Waals surface area (Å²) in [6.45, 7) is 0.0833. The van der Waals surface area contributed by atoms with Crippen molar-refractivity contribution in [1.29, 1.82) is 5.41 Å². The quantitative estimate of drug-likeness (QED) is 0.543. The zero-order chi connectivity index (χ0) is 19.6. The number of nitrogens with one attached hydrogen (secondary N) is 2. The first-order valence-corrected chi connectivity index (χ1v) is 8.07. The molecule has 1 saturated heterocycles. The van der Waals surface area contributed by atoms with Crippen molar-refractivity contribution in [1.82, 2.24) is 19.9 Å². The van der Waals surface area contributed by atoms with Crippen LogP contribution < -0.4 is 10.6 Å². The van der Waals surface area contributed by atoms with Gasteiger partial charge in [-0.15, -0.1) is 0 Å². The number of aromatic nitrogens is 4. The molecule has 0 saturated carbocycles. The molecule has 27 heavy (non-hydrogen) atoms. The molecule has 2 aromatic rings. The monoisotopic (exact) mass is 383 g/mol. The van der Waals surface area contributed by atoms with E-state index < -0.39 is 24.1 Å². The fourth-order valence-corrected chi connectivity index (χ4v) is 2.60. The van der Waals surface area contributed by atoms with Gasteiger partial charge in [-0.05, 0) is 12.2 Å². The van der Waals surface area contributed by atoms with Crippen LogP contribution in [0, 0.1) is 5.41 Å². The third-order valence-electron chi connectivity index (χ3n) is 4.18. The van der Waals surface area contributed by atoms with Crippen LogP contribution in [0.2, 0.25) is 0 Å². The smallest absolute Gasteiger partial charge is 0.279 e. The number of anilines is 1. The summed E-state index contributed by atoms with van der Waals surface area (Å²) in [5.74, 6) is -2.17. The second kappa shape index (κ2) is 7.43. The Morgan fingerprint density at radius 2 is 2.15 bits per heavy atom. The summed E-state index contributed by atoms with van der Waals surface area (Å²) in [5.41, 5.74) is 5.67. The molecule has 0 amide bonds. The molecule has 1 unspecified atom stereocenters. The fourth-order valence-electron chi connectivity index (χ4n) is 2.60. The number of imidazole rings is 1. The molecule has 3 rings (SSSR count). The minimum atomic E-state index is -2.90. The van der Waals surface area contributed by atoms with Gasteiger partial charge in [0.05, 0.1) is 29.3 Å². The number of rotatable bonds is 5. The number of halogens is 4. The third-order valence-corrected chi connectivity index (χ3v) is 4.18. The fraction of sp³-hybridized carbons (Fsp3) is 0.375. The molecule has 0 radical (unpaired) electrons. The SMILES string of the molecule is N=C(/C=C\c1ncc(-c2cc(N3CCC(F)(F)C(N)C3)ncn2)[nH]1)C(F)F. The number of alkyl halides is 4. The van der Waals surface area contributed by atoms with Crippen molar-refractivity contribution in [3.63, 3.8) is 0 Å². The maximum Gasteiger partial charge on any atom is 0.279 e. The summed E-state index contributed by atoms with van der Waals surface area (Å²) >= 11 is 0. The number of hydrogen-bond donors (Lipinski definition) is 3. The molecule has 144 valence electrons. The van der Waals surface area contributed by atoms with E-state index in [9.17, 15) is 17.6 Å². The lowest BCUT2D eigenvalue weighted by Crippen LogP contribution is -2.55. The highest BCUT2D eigenvalue weighted by atomic mass is 19.3. The lowest BCUT2D eigenvalue weighted by molar-refractivity contribution is -0.0394. The van der Waals surface area contributed by atoms with E-state index in [-0.39, 0.29) is 25.3 Å². The van der Waals surface area contributed by atoms with Crippen LogP contribution in [0.15, 0.2) is 24.7 Å². The molecular weight excluding hydrogens is 366 g/mol. The van der Waals surface area contributed by atoms with Crippen LogP contribution in [0.1, 0.15) is 12.2 Å². The van der Waals surface area contributed by atoms with Gasteiger partial charge in [-0.2, -0.15) is 0 Å². The first-order chi connectivity index (χ1) is 12.8.